The van der Waals surface area contributed by atoms with E-state index in [9.17, 15) is 14.4 Å². The van der Waals surface area contributed by atoms with E-state index < -0.39 is 17.9 Å². The van der Waals surface area contributed by atoms with Crippen molar-refractivity contribution in [1.82, 2.24) is 28.7 Å². The molecule has 3 aromatic heterocycles. The number of carboxylic acid groups (broad SMARTS) is 3. The van der Waals surface area contributed by atoms with Crippen LogP contribution in [0.4, 0.5) is 0 Å². The number of carbonyl (C=O) groups is 3. The van der Waals surface area contributed by atoms with Gasteiger partial charge < -0.3 is 29.0 Å². The van der Waals surface area contributed by atoms with E-state index in [1.54, 1.807) is 110 Å². The molecule has 3 unspecified atom stereocenters. The van der Waals surface area contributed by atoms with Crippen LogP contribution in [-0.4, -0.2) is 61.9 Å². The second kappa shape index (κ2) is 52.5. The molecule has 6 aromatic rings. The molecule has 0 saturated heterocycles. The Labute approximate surface area is 522 Å². The molecule has 3 N–H and O–H groups in total. The lowest BCUT2D eigenvalue weighted by Gasteiger charge is -2.09. The van der Waals surface area contributed by atoms with Gasteiger partial charge in [-0.3, -0.25) is 0 Å². The molecule has 87 heavy (non-hydrogen) atoms. The number of unbranched alkanes of at least 4 members (excludes halogenated alkanes) is 24. The average Bonchev–Trinajstić information content (AvgIpc) is 4.32. The van der Waals surface area contributed by atoms with Crippen LogP contribution in [-0.2, 0) is 19.3 Å². The Kier molecular flexibility index (Phi) is 46.6. The molecule has 0 spiro atoms. The summed E-state index contributed by atoms with van der Waals surface area (Å²) in [5.74, 6) is 0.535. The predicted octanol–water partition coefficient (Wildman–Crippen LogP) is 19.3. The lowest BCUT2D eigenvalue weighted by molar-refractivity contribution is 0.0686. The van der Waals surface area contributed by atoms with Crippen LogP contribution in [0.5, 0.6) is 0 Å². The highest BCUT2D eigenvalue weighted by atomic mass is 16.4. The first-order valence-electron chi connectivity index (χ1n) is 32.4. The topological polar surface area (TPSA) is 237 Å². The molecule has 0 fully saturated rings. The number of carboxylic acids is 3. The summed E-state index contributed by atoms with van der Waals surface area (Å²) in [5.41, 5.74) is 0.993. The van der Waals surface area contributed by atoms with E-state index in [0.29, 0.717) is 16.7 Å². The highest BCUT2D eigenvalue weighted by Crippen LogP contribution is 2.17. The minimum absolute atomic E-state index is 0.105. The van der Waals surface area contributed by atoms with Crippen LogP contribution in [0.2, 0.25) is 0 Å². The molecule has 0 radical (unpaired) electrons. The van der Waals surface area contributed by atoms with E-state index in [4.69, 9.17) is 31.1 Å². The van der Waals surface area contributed by atoms with Gasteiger partial charge in [0.05, 0.1) is 34.9 Å². The Bertz CT molecular complexity index is 2460. The summed E-state index contributed by atoms with van der Waals surface area (Å²) in [6.07, 6.45) is 50.4. The van der Waals surface area contributed by atoms with Gasteiger partial charge in [-0.15, -0.1) is 0 Å². The predicted molar refractivity (Wildman–Crippen MR) is 351 cm³/mol. The Balaban J connectivity index is 0.000000540. The van der Waals surface area contributed by atoms with Crippen LogP contribution in [0.25, 0.3) is 0 Å². The maximum atomic E-state index is 10.2. The number of imidazole rings is 3. The second-order valence-electron chi connectivity index (χ2n) is 21.9. The molecule has 15 heteroatoms. The van der Waals surface area contributed by atoms with Crippen molar-refractivity contribution in [2.45, 2.75) is 252 Å². The minimum Gasteiger partial charge on any atom is -0.478 e. The standard InChI is InChI=1S/3C17H29N3.3C7H6O2/c3*1-3-4-5-6-7-8-9-10-11-12-17-19-13-14-20(17)16(2)15-18;3*8-7(9)6-4-2-1-3-5-6/h3*13-14,16H,3-12H2,1-2H3;3*1-5H,(H,8,9). The third-order valence-electron chi connectivity index (χ3n) is 14.6. The van der Waals surface area contributed by atoms with Crippen molar-refractivity contribution < 1.29 is 29.7 Å². The van der Waals surface area contributed by atoms with E-state index >= 15 is 0 Å². The van der Waals surface area contributed by atoms with E-state index in [2.05, 4.69) is 53.9 Å². The number of hydrogen-bond donors (Lipinski definition) is 3. The molecular formula is C72H105N9O6. The van der Waals surface area contributed by atoms with Crippen molar-refractivity contribution in [3.8, 4) is 18.2 Å². The number of rotatable bonds is 36. The fourth-order valence-electron chi connectivity index (χ4n) is 9.38. The zero-order chi connectivity index (χ0) is 64.0. The monoisotopic (exact) mass is 1190 g/mol. The fourth-order valence-corrected chi connectivity index (χ4v) is 9.38. The van der Waals surface area contributed by atoms with Crippen molar-refractivity contribution in [3.63, 3.8) is 0 Å². The summed E-state index contributed by atoms with van der Waals surface area (Å²) in [7, 11) is 0. The van der Waals surface area contributed by atoms with Crippen molar-refractivity contribution in [3.05, 3.63) is 162 Å². The zero-order valence-corrected chi connectivity index (χ0v) is 53.7. The summed E-state index contributed by atoms with van der Waals surface area (Å²) in [6, 6.07) is 31.4. The second-order valence-corrected chi connectivity index (χ2v) is 21.9. The van der Waals surface area contributed by atoms with Gasteiger partial charge in [0.1, 0.15) is 35.6 Å². The maximum Gasteiger partial charge on any atom is 0.335 e. The number of aromatic carboxylic acids is 3. The molecule has 0 amide bonds. The average molecular weight is 1190 g/mol. The van der Waals surface area contributed by atoms with Crippen LogP contribution in [0.3, 0.4) is 0 Å². The molecule has 0 aliphatic carbocycles. The first-order chi connectivity index (χ1) is 42.3. The van der Waals surface area contributed by atoms with Gasteiger partial charge >= 0.3 is 17.9 Å². The number of benzene rings is 3. The van der Waals surface area contributed by atoms with Gasteiger partial charge in [-0.25, -0.2) is 29.3 Å². The van der Waals surface area contributed by atoms with Crippen LogP contribution in [0, 0.1) is 34.0 Å². The highest BCUT2D eigenvalue weighted by molar-refractivity contribution is 5.88. The summed E-state index contributed by atoms with van der Waals surface area (Å²) >= 11 is 0. The zero-order valence-electron chi connectivity index (χ0n) is 53.7. The highest BCUT2D eigenvalue weighted by Gasteiger charge is 2.11. The number of aryl methyl sites for hydroxylation is 3. The van der Waals surface area contributed by atoms with Crippen molar-refractivity contribution >= 4 is 17.9 Å². The quantitative estimate of drug-likeness (QED) is 0.0312. The third kappa shape index (κ3) is 38.1. The van der Waals surface area contributed by atoms with E-state index in [0.717, 1.165) is 36.7 Å². The van der Waals surface area contributed by atoms with Crippen LogP contribution in [0.15, 0.2) is 128 Å². The Morgan fingerprint density at radius 3 is 0.724 bits per heavy atom. The molecule has 15 nitrogen and oxygen atoms in total. The largest absolute Gasteiger partial charge is 0.478 e. The maximum absolute atomic E-state index is 10.2. The molecule has 6 rings (SSSR count). The number of nitrogens with zero attached hydrogens (tertiary/aromatic N) is 9. The Morgan fingerprint density at radius 1 is 0.356 bits per heavy atom. The molecule has 3 atom stereocenters. The number of hydrogen-bond acceptors (Lipinski definition) is 9. The van der Waals surface area contributed by atoms with E-state index in [-0.39, 0.29) is 18.1 Å². The molecule has 0 aliphatic heterocycles. The van der Waals surface area contributed by atoms with Gasteiger partial charge in [0.25, 0.3) is 0 Å². The summed E-state index contributed by atoms with van der Waals surface area (Å²) < 4.78 is 5.97. The minimum atomic E-state index is -0.879. The fraction of sp³-hybridized carbons (Fsp3) is 0.542. The van der Waals surface area contributed by atoms with Gasteiger partial charge in [-0.1, -0.05) is 229 Å². The van der Waals surface area contributed by atoms with Crippen LogP contribution in [0.1, 0.15) is 282 Å². The summed E-state index contributed by atoms with van der Waals surface area (Å²) in [5, 5.41) is 52.0. The lowest BCUT2D eigenvalue weighted by atomic mass is 10.1. The smallest absolute Gasteiger partial charge is 0.335 e. The summed E-state index contributed by atoms with van der Waals surface area (Å²) in [6.45, 7) is 12.5. The van der Waals surface area contributed by atoms with Gasteiger partial charge in [-0.2, -0.15) is 15.8 Å². The normalized spacial score (nSPS) is 11.2. The molecule has 474 valence electrons. The van der Waals surface area contributed by atoms with Gasteiger partial charge in [0, 0.05) is 56.4 Å². The van der Waals surface area contributed by atoms with E-state index in [1.165, 1.54) is 173 Å². The first-order valence-corrected chi connectivity index (χ1v) is 32.4. The summed E-state index contributed by atoms with van der Waals surface area (Å²) in [4.78, 5) is 43.7. The number of aromatic nitrogens is 6. The van der Waals surface area contributed by atoms with Crippen molar-refractivity contribution in [2.75, 3.05) is 0 Å². The molecule has 0 saturated carbocycles. The third-order valence-corrected chi connectivity index (χ3v) is 14.6. The number of nitriles is 3. The van der Waals surface area contributed by atoms with E-state index in [1.807, 2.05) is 53.1 Å². The van der Waals surface area contributed by atoms with Gasteiger partial charge in [0.2, 0.25) is 0 Å². The Morgan fingerprint density at radius 2 is 0.552 bits per heavy atom. The van der Waals surface area contributed by atoms with Crippen LogP contribution >= 0.6 is 0 Å². The van der Waals surface area contributed by atoms with Crippen LogP contribution < -0.4 is 0 Å². The molecule has 0 aliphatic rings. The first kappa shape index (κ1) is 77.2. The lowest BCUT2D eigenvalue weighted by Crippen LogP contribution is -2.06. The molecule has 3 heterocycles. The SMILES string of the molecule is CCCCCCCCCCCc1nccn1C(C)C#N.CCCCCCCCCCCc1nccn1C(C)C#N.CCCCCCCCCCCc1nccn1C(C)C#N.O=C(O)c1ccccc1.O=C(O)c1ccccc1.O=C(O)c1ccccc1. The molecule has 0 bridgehead atoms. The van der Waals surface area contributed by atoms with Crippen molar-refractivity contribution in [2.24, 2.45) is 0 Å². The Hall–Kier alpha value is -7.83. The molecule has 3 aromatic carbocycles. The van der Waals surface area contributed by atoms with Gasteiger partial charge in [0.15, 0.2) is 0 Å². The van der Waals surface area contributed by atoms with Gasteiger partial charge in [-0.05, 0) is 76.4 Å². The molecular weight excluding hydrogens is 1090 g/mol. The van der Waals surface area contributed by atoms with Crippen molar-refractivity contribution in [1.29, 1.82) is 15.8 Å².